The van der Waals surface area contributed by atoms with Crippen LogP contribution in [0.5, 0.6) is 0 Å². The first-order chi connectivity index (χ1) is 12.4. The number of nitrogens with one attached hydrogen (secondary N) is 1. The number of rotatable bonds is 1. The fourth-order valence-electron chi connectivity index (χ4n) is 7.35. The lowest BCUT2D eigenvalue weighted by molar-refractivity contribution is -0.0426. The number of aromatic nitrogens is 2. The normalized spacial score (nSPS) is 47.5. The number of nitrogens with zero attached hydrogens (tertiary/aromatic N) is 1. The number of aliphatic hydroxyl groups is 1. The predicted molar refractivity (Wildman–Crippen MR) is 104 cm³/mol. The second-order valence-corrected chi connectivity index (χ2v) is 9.90. The van der Waals surface area contributed by atoms with Crippen LogP contribution in [0.4, 0.5) is 0 Å². The molecule has 3 nitrogen and oxygen atoms in total. The van der Waals surface area contributed by atoms with Crippen molar-refractivity contribution in [2.45, 2.75) is 65.4 Å². The minimum Gasteiger partial charge on any atom is -0.393 e. The SMILES string of the molecule is C[C@@H]1C=C2C[C@@H](O)CC[C@]2(C)[C@H]2CC[C@]3(C)C(c4ncc[nH]4)=CC[C@H]3[C@H]12. The van der Waals surface area contributed by atoms with Crippen LogP contribution in [0, 0.1) is 34.5 Å². The van der Waals surface area contributed by atoms with Gasteiger partial charge in [-0.15, -0.1) is 0 Å². The number of hydrogen-bond donors (Lipinski definition) is 2. The molecular weight excluding hydrogens is 320 g/mol. The van der Waals surface area contributed by atoms with E-state index in [0.29, 0.717) is 11.3 Å². The van der Waals surface area contributed by atoms with Crippen LogP contribution >= 0.6 is 0 Å². The van der Waals surface area contributed by atoms with Gasteiger partial charge in [0.25, 0.3) is 0 Å². The molecule has 0 saturated heterocycles. The Kier molecular flexibility index (Phi) is 3.60. The Morgan fingerprint density at radius 1 is 1.15 bits per heavy atom. The van der Waals surface area contributed by atoms with Crippen LogP contribution < -0.4 is 0 Å². The highest BCUT2D eigenvalue weighted by Crippen LogP contribution is 2.67. The molecule has 2 fully saturated rings. The Balaban J connectivity index is 1.52. The van der Waals surface area contributed by atoms with E-state index in [0.717, 1.165) is 42.8 Å². The molecule has 4 aliphatic carbocycles. The van der Waals surface area contributed by atoms with Crippen molar-refractivity contribution in [2.75, 3.05) is 0 Å². The van der Waals surface area contributed by atoms with Crippen LogP contribution in [0.2, 0.25) is 0 Å². The van der Waals surface area contributed by atoms with Gasteiger partial charge in [0.05, 0.1) is 6.10 Å². The molecule has 5 rings (SSSR count). The highest BCUT2D eigenvalue weighted by Gasteiger charge is 2.58. The Morgan fingerprint density at radius 2 is 1.96 bits per heavy atom. The highest BCUT2D eigenvalue weighted by molar-refractivity contribution is 5.68. The lowest BCUT2D eigenvalue weighted by Crippen LogP contribution is -2.52. The monoisotopic (exact) mass is 352 g/mol. The van der Waals surface area contributed by atoms with Crippen LogP contribution in [0.3, 0.4) is 0 Å². The minimum atomic E-state index is -0.120. The summed E-state index contributed by atoms with van der Waals surface area (Å²) in [6.45, 7) is 7.43. The topological polar surface area (TPSA) is 48.9 Å². The smallest absolute Gasteiger partial charge is 0.133 e. The van der Waals surface area contributed by atoms with Crippen molar-refractivity contribution < 1.29 is 5.11 Å². The third-order valence-electron chi connectivity index (χ3n) is 8.74. The highest BCUT2D eigenvalue weighted by atomic mass is 16.3. The van der Waals surface area contributed by atoms with E-state index in [2.05, 4.69) is 42.9 Å². The van der Waals surface area contributed by atoms with Gasteiger partial charge in [0.15, 0.2) is 0 Å². The van der Waals surface area contributed by atoms with Gasteiger partial charge in [0, 0.05) is 12.4 Å². The molecule has 0 radical (unpaired) electrons. The van der Waals surface area contributed by atoms with Crippen molar-refractivity contribution in [1.29, 1.82) is 0 Å². The van der Waals surface area contributed by atoms with Crippen LogP contribution in [-0.4, -0.2) is 21.2 Å². The average molecular weight is 353 g/mol. The van der Waals surface area contributed by atoms with E-state index < -0.39 is 0 Å². The predicted octanol–water partition coefficient (Wildman–Crippen LogP) is 4.97. The van der Waals surface area contributed by atoms with Crippen LogP contribution in [0.15, 0.2) is 30.1 Å². The number of allylic oxidation sites excluding steroid dienone is 3. The molecule has 26 heavy (non-hydrogen) atoms. The first kappa shape index (κ1) is 16.8. The molecule has 0 bridgehead atoms. The first-order valence-electron chi connectivity index (χ1n) is 10.5. The first-order valence-corrected chi connectivity index (χ1v) is 10.5. The minimum absolute atomic E-state index is 0.120. The summed E-state index contributed by atoms with van der Waals surface area (Å²) in [4.78, 5) is 7.94. The van der Waals surface area contributed by atoms with Gasteiger partial charge in [-0.2, -0.15) is 0 Å². The molecule has 2 saturated carbocycles. The quantitative estimate of drug-likeness (QED) is 0.701. The van der Waals surface area contributed by atoms with Crippen molar-refractivity contribution in [2.24, 2.45) is 34.5 Å². The number of aromatic amines is 1. The molecule has 0 spiro atoms. The summed E-state index contributed by atoms with van der Waals surface area (Å²) in [5, 5.41) is 10.2. The summed E-state index contributed by atoms with van der Waals surface area (Å²) in [6.07, 6.45) is 15.6. The van der Waals surface area contributed by atoms with Crippen LogP contribution in [-0.2, 0) is 0 Å². The van der Waals surface area contributed by atoms with Crippen LogP contribution in [0.25, 0.3) is 5.57 Å². The van der Waals surface area contributed by atoms with Crippen molar-refractivity contribution in [3.8, 4) is 0 Å². The van der Waals surface area contributed by atoms with Gasteiger partial charge in [-0.05, 0) is 78.6 Å². The maximum Gasteiger partial charge on any atom is 0.133 e. The Morgan fingerprint density at radius 3 is 2.73 bits per heavy atom. The Bertz CT molecular complexity index is 763. The summed E-state index contributed by atoms with van der Waals surface area (Å²) in [6, 6.07) is 0. The van der Waals surface area contributed by atoms with E-state index in [1.54, 1.807) is 5.57 Å². The maximum absolute atomic E-state index is 10.2. The third kappa shape index (κ3) is 2.13. The summed E-state index contributed by atoms with van der Waals surface area (Å²) in [5.74, 6) is 3.94. The molecule has 1 heterocycles. The second-order valence-electron chi connectivity index (χ2n) is 9.90. The van der Waals surface area contributed by atoms with E-state index in [9.17, 15) is 5.11 Å². The number of hydrogen-bond acceptors (Lipinski definition) is 2. The molecule has 0 aromatic carbocycles. The number of fused-ring (bicyclic) bond motifs is 5. The number of imidazole rings is 1. The van der Waals surface area contributed by atoms with E-state index in [-0.39, 0.29) is 11.5 Å². The second kappa shape index (κ2) is 5.58. The lowest BCUT2D eigenvalue weighted by atomic mass is 9.45. The molecule has 3 heteroatoms. The lowest BCUT2D eigenvalue weighted by Gasteiger charge is -2.59. The molecule has 140 valence electrons. The van der Waals surface area contributed by atoms with Crippen molar-refractivity contribution in [1.82, 2.24) is 9.97 Å². The van der Waals surface area contributed by atoms with Gasteiger partial charge in [-0.1, -0.05) is 38.5 Å². The fourth-order valence-corrected chi connectivity index (χ4v) is 7.35. The van der Waals surface area contributed by atoms with Gasteiger partial charge in [-0.25, -0.2) is 4.98 Å². The third-order valence-corrected chi connectivity index (χ3v) is 8.74. The van der Waals surface area contributed by atoms with Gasteiger partial charge in [-0.3, -0.25) is 0 Å². The van der Waals surface area contributed by atoms with E-state index >= 15 is 0 Å². The van der Waals surface area contributed by atoms with Gasteiger partial charge in [0.2, 0.25) is 0 Å². The van der Waals surface area contributed by atoms with Crippen molar-refractivity contribution >= 4 is 5.57 Å². The molecule has 4 aliphatic rings. The summed E-state index contributed by atoms with van der Waals surface area (Å²) in [5.41, 5.74) is 3.58. The summed E-state index contributed by atoms with van der Waals surface area (Å²) < 4.78 is 0. The molecule has 7 atom stereocenters. The average Bonchev–Trinajstić information content (AvgIpc) is 3.23. The van der Waals surface area contributed by atoms with Crippen LogP contribution in [0.1, 0.15) is 65.1 Å². The van der Waals surface area contributed by atoms with E-state index in [1.165, 1.54) is 24.8 Å². The molecule has 1 aromatic rings. The van der Waals surface area contributed by atoms with Crippen molar-refractivity contribution in [3.05, 3.63) is 35.9 Å². The van der Waals surface area contributed by atoms with E-state index in [1.807, 2.05) is 12.4 Å². The molecule has 0 unspecified atom stereocenters. The molecule has 2 N–H and O–H groups in total. The molecule has 0 aliphatic heterocycles. The van der Waals surface area contributed by atoms with Crippen molar-refractivity contribution in [3.63, 3.8) is 0 Å². The van der Waals surface area contributed by atoms with Gasteiger partial charge < -0.3 is 10.1 Å². The largest absolute Gasteiger partial charge is 0.393 e. The summed E-state index contributed by atoms with van der Waals surface area (Å²) >= 11 is 0. The summed E-state index contributed by atoms with van der Waals surface area (Å²) in [7, 11) is 0. The standard InChI is InChI=1S/C23H32N2O/c1-14-12-15-13-16(26)6-8-22(15,2)18-7-9-23(3)17(20(14)18)4-5-19(23)21-24-10-11-25-21/h5,10-12,14,16-18,20,26H,4,6-9,13H2,1-3H3,(H,24,25)/t14-,16+,17+,18+,20+,22+,23+/m1/s1. The van der Waals surface area contributed by atoms with Gasteiger partial charge >= 0.3 is 0 Å². The van der Waals surface area contributed by atoms with E-state index in [4.69, 9.17) is 0 Å². The number of H-pyrrole nitrogens is 1. The molecule has 0 amide bonds. The Hall–Kier alpha value is -1.35. The number of aliphatic hydroxyl groups excluding tert-OH is 1. The zero-order valence-electron chi connectivity index (χ0n) is 16.3. The zero-order chi connectivity index (χ0) is 18.1. The maximum atomic E-state index is 10.2. The van der Waals surface area contributed by atoms with Gasteiger partial charge in [0.1, 0.15) is 5.82 Å². The molecular formula is C23H32N2O. The Labute approximate surface area is 157 Å². The fraction of sp³-hybridized carbons (Fsp3) is 0.696. The zero-order valence-corrected chi connectivity index (χ0v) is 16.3. The molecule has 1 aromatic heterocycles.